The number of aryl methyl sites for hydroxylation is 1. The van der Waals surface area contributed by atoms with Gasteiger partial charge in [0, 0.05) is 22.3 Å². The fourth-order valence-electron chi connectivity index (χ4n) is 2.18. The lowest BCUT2D eigenvalue weighted by molar-refractivity contribution is -0.384. The molecule has 0 bridgehead atoms. The number of halogens is 1. The lowest BCUT2D eigenvalue weighted by atomic mass is 10.0. The summed E-state index contributed by atoms with van der Waals surface area (Å²) in [6.45, 7) is 4.03. The zero-order chi connectivity index (χ0) is 15.4. The molecule has 4 nitrogen and oxygen atoms in total. The van der Waals surface area contributed by atoms with E-state index in [0.29, 0.717) is 0 Å². The van der Waals surface area contributed by atoms with E-state index in [0.717, 1.165) is 27.7 Å². The van der Waals surface area contributed by atoms with Gasteiger partial charge in [0.15, 0.2) is 0 Å². The summed E-state index contributed by atoms with van der Waals surface area (Å²) in [6.07, 6.45) is 0.893. The summed E-state index contributed by atoms with van der Waals surface area (Å²) in [5.41, 5.74) is 3.07. The Labute approximate surface area is 132 Å². The van der Waals surface area contributed by atoms with Crippen molar-refractivity contribution in [3.8, 4) is 0 Å². The normalized spacial score (nSPS) is 12.0. The molecule has 0 aliphatic heterocycles. The molecule has 0 aliphatic carbocycles. The average molecular weight is 349 g/mol. The average Bonchev–Trinajstić information content (AvgIpc) is 2.47. The van der Waals surface area contributed by atoms with Crippen LogP contribution in [-0.4, -0.2) is 4.92 Å². The summed E-state index contributed by atoms with van der Waals surface area (Å²) >= 11 is 3.43. The topological polar surface area (TPSA) is 55.2 Å². The van der Waals surface area contributed by atoms with Gasteiger partial charge in [0.25, 0.3) is 5.69 Å². The van der Waals surface area contributed by atoms with E-state index in [9.17, 15) is 10.1 Å². The van der Waals surface area contributed by atoms with Gasteiger partial charge in [-0.15, -0.1) is 0 Å². The van der Waals surface area contributed by atoms with Crippen molar-refractivity contribution in [2.24, 2.45) is 0 Å². The maximum atomic E-state index is 10.9. The quantitative estimate of drug-likeness (QED) is 0.594. The number of benzene rings is 2. The van der Waals surface area contributed by atoms with Crippen LogP contribution in [0, 0.1) is 17.0 Å². The highest BCUT2D eigenvalue weighted by Gasteiger charge is 2.13. The zero-order valence-corrected chi connectivity index (χ0v) is 13.6. The molecule has 0 aliphatic rings. The van der Waals surface area contributed by atoms with E-state index in [-0.39, 0.29) is 16.7 Å². The van der Waals surface area contributed by atoms with Crippen LogP contribution in [0.2, 0.25) is 0 Å². The third-order valence-electron chi connectivity index (χ3n) is 3.44. The molecule has 0 radical (unpaired) electrons. The molecule has 1 atom stereocenters. The number of non-ortho nitro benzene ring substituents is 1. The Morgan fingerprint density at radius 1 is 1.24 bits per heavy atom. The molecule has 0 saturated carbocycles. The molecule has 0 saturated heterocycles. The minimum absolute atomic E-state index is 0.105. The van der Waals surface area contributed by atoms with Gasteiger partial charge in [-0.2, -0.15) is 0 Å². The predicted octanol–water partition coefficient (Wildman–Crippen LogP) is 5.23. The van der Waals surface area contributed by atoms with Crippen molar-refractivity contribution < 1.29 is 4.92 Å². The van der Waals surface area contributed by atoms with Crippen LogP contribution in [0.4, 0.5) is 11.4 Å². The van der Waals surface area contributed by atoms with Gasteiger partial charge in [-0.25, -0.2) is 0 Å². The number of nitrogens with zero attached hydrogens (tertiary/aromatic N) is 1. The molecule has 0 amide bonds. The molecule has 2 aromatic carbocycles. The highest BCUT2D eigenvalue weighted by molar-refractivity contribution is 9.10. The van der Waals surface area contributed by atoms with E-state index in [4.69, 9.17) is 0 Å². The van der Waals surface area contributed by atoms with Gasteiger partial charge in [-0.1, -0.05) is 41.1 Å². The maximum absolute atomic E-state index is 10.9. The number of nitro groups is 1. The smallest absolute Gasteiger partial charge is 0.271 e. The largest absolute Gasteiger partial charge is 0.378 e. The number of hydrogen-bond acceptors (Lipinski definition) is 3. The minimum Gasteiger partial charge on any atom is -0.378 e. The van der Waals surface area contributed by atoms with Gasteiger partial charge in [-0.3, -0.25) is 10.1 Å². The third kappa shape index (κ3) is 3.82. The first-order chi connectivity index (χ1) is 10.0. The Hall–Kier alpha value is -1.88. The number of nitro benzene ring substituents is 1. The predicted molar refractivity (Wildman–Crippen MR) is 88.6 cm³/mol. The van der Waals surface area contributed by atoms with Crippen molar-refractivity contribution in [2.45, 2.75) is 26.3 Å². The first kappa shape index (κ1) is 15.5. The summed E-state index contributed by atoms with van der Waals surface area (Å²) in [6, 6.07) is 13.1. The molecule has 2 aromatic rings. The first-order valence-corrected chi connectivity index (χ1v) is 7.57. The fraction of sp³-hybridized carbons (Fsp3) is 0.250. The molecule has 1 N–H and O–H groups in total. The van der Waals surface area contributed by atoms with Crippen LogP contribution in [-0.2, 0) is 0 Å². The summed E-state index contributed by atoms with van der Waals surface area (Å²) in [7, 11) is 0. The second-order valence-electron chi connectivity index (χ2n) is 4.91. The molecule has 0 spiro atoms. The van der Waals surface area contributed by atoms with Crippen LogP contribution in [0.15, 0.2) is 46.9 Å². The van der Waals surface area contributed by atoms with Gasteiger partial charge < -0.3 is 5.32 Å². The van der Waals surface area contributed by atoms with E-state index in [2.05, 4.69) is 40.3 Å². The Balaban J connectivity index is 2.28. The van der Waals surface area contributed by atoms with Crippen LogP contribution in [0.3, 0.4) is 0 Å². The van der Waals surface area contributed by atoms with E-state index in [1.165, 1.54) is 6.07 Å². The van der Waals surface area contributed by atoms with Crippen LogP contribution in [0.5, 0.6) is 0 Å². The standard InChI is InChI=1S/C16H17BrN2O2/c1-3-15(12-5-7-13(17)8-6-12)18-16-10-14(19(20)21)9-4-11(16)2/h4-10,15,18H,3H2,1-2H3. The first-order valence-electron chi connectivity index (χ1n) is 6.78. The van der Waals surface area contributed by atoms with Crippen LogP contribution in [0.25, 0.3) is 0 Å². The van der Waals surface area contributed by atoms with E-state index < -0.39 is 0 Å². The Morgan fingerprint density at radius 3 is 2.48 bits per heavy atom. The number of rotatable bonds is 5. The highest BCUT2D eigenvalue weighted by atomic mass is 79.9. The molecule has 0 fully saturated rings. The van der Waals surface area contributed by atoms with Crippen molar-refractivity contribution >= 4 is 27.3 Å². The van der Waals surface area contributed by atoms with E-state index >= 15 is 0 Å². The second-order valence-corrected chi connectivity index (χ2v) is 5.83. The highest BCUT2D eigenvalue weighted by Crippen LogP contribution is 2.28. The molecule has 0 heterocycles. The third-order valence-corrected chi connectivity index (χ3v) is 3.97. The summed E-state index contributed by atoms with van der Waals surface area (Å²) in [4.78, 5) is 10.5. The fourth-order valence-corrected chi connectivity index (χ4v) is 2.45. The van der Waals surface area contributed by atoms with Crippen molar-refractivity contribution in [2.75, 3.05) is 5.32 Å². The molecule has 0 aromatic heterocycles. The number of anilines is 1. The van der Waals surface area contributed by atoms with Crippen molar-refractivity contribution in [1.29, 1.82) is 0 Å². The number of hydrogen-bond donors (Lipinski definition) is 1. The number of nitrogens with one attached hydrogen (secondary N) is 1. The van der Waals surface area contributed by atoms with Crippen LogP contribution < -0.4 is 5.32 Å². The molecule has 5 heteroatoms. The summed E-state index contributed by atoms with van der Waals surface area (Å²) < 4.78 is 1.03. The lowest BCUT2D eigenvalue weighted by Gasteiger charge is -2.20. The molecule has 2 rings (SSSR count). The maximum Gasteiger partial charge on any atom is 0.271 e. The minimum atomic E-state index is -0.370. The van der Waals surface area contributed by atoms with Gasteiger partial charge in [0.2, 0.25) is 0 Å². The zero-order valence-electron chi connectivity index (χ0n) is 12.0. The summed E-state index contributed by atoms with van der Waals surface area (Å²) in [5.74, 6) is 0. The Morgan fingerprint density at radius 2 is 1.90 bits per heavy atom. The summed E-state index contributed by atoms with van der Waals surface area (Å²) in [5, 5.41) is 14.3. The Bertz CT molecular complexity index is 641. The van der Waals surface area contributed by atoms with Crippen molar-refractivity contribution in [1.82, 2.24) is 0 Å². The van der Waals surface area contributed by atoms with Gasteiger partial charge >= 0.3 is 0 Å². The SMILES string of the molecule is CCC(Nc1cc([N+](=O)[O-])ccc1C)c1ccc(Br)cc1. The molecular weight excluding hydrogens is 332 g/mol. The molecular formula is C16H17BrN2O2. The van der Waals surface area contributed by atoms with Gasteiger partial charge in [0.1, 0.15) is 0 Å². The van der Waals surface area contributed by atoms with Crippen LogP contribution >= 0.6 is 15.9 Å². The van der Waals surface area contributed by atoms with E-state index in [1.54, 1.807) is 12.1 Å². The molecule has 110 valence electrons. The second kappa shape index (κ2) is 6.72. The van der Waals surface area contributed by atoms with Gasteiger partial charge in [-0.05, 0) is 36.6 Å². The molecule has 21 heavy (non-hydrogen) atoms. The lowest BCUT2D eigenvalue weighted by Crippen LogP contribution is -2.10. The van der Waals surface area contributed by atoms with Crippen molar-refractivity contribution in [3.05, 3.63) is 68.2 Å². The van der Waals surface area contributed by atoms with Crippen molar-refractivity contribution in [3.63, 3.8) is 0 Å². The van der Waals surface area contributed by atoms with Crippen LogP contribution in [0.1, 0.15) is 30.5 Å². The Kier molecular flexibility index (Phi) is 4.96. The van der Waals surface area contributed by atoms with Gasteiger partial charge in [0.05, 0.1) is 11.0 Å². The monoisotopic (exact) mass is 348 g/mol. The molecule has 1 unspecified atom stereocenters. The van der Waals surface area contributed by atoms with E-state index in [1.807, 2.05) is 19.1 Å².